The maximum atomic E-state index is 12.8. The first-order chi connectivity index (χ1) is 63.6. The van der Waals surface area contributed by atoms with E-state index in [1.54, 1.807) is 0 Å². The summed E-state index contributed by atoms with van der Waals surface area (Å²) in [5.41, 5.74) is 10.7. The number of likely N-dealkylation sites (N-methyl/N-ethyl adjacent to an activating group) is 1. The summed E-state index contributed by atoms with van der Waals surface area (Å²) in [6.45, 7) is 6.69. The molecule has 2 fully saturated rings. The minimum atomic E-state index is -1.37. The second-order valence-corrected chi connectivity index (χ2v) is 33.9. The number of rotatable bonds is 57. The van der Waals surface area contributed by atoms with Crippen LogP contribution in [0.5, 0.6) is 0 Å². The smallest absolute Gasteiger partial charge is 0.457 e. The number of carbonyl (C=O) groups excluding carboxylic acids is 22. The Hall–Kier alpha value is -11.6. The van der Waals surface area contributed by atoms with E-state index in [0.717, 1.165) is 67.8 Å². The Bertz CT molecular complexity index is 4370. The Balaban J connectivity index is 0.000000886. The third kappa shape index (κ3) is 54.6. The van der Waals surface area contributed by atoms with Gasteiger partial charge in [-0.3, -0.25) is 110 Å². The summed E-state index contributed by atoms with van der Waals surface area (Å²) >= 11 is 8.01. The number of unbranched alkanes of at least 4 members (excludes halogenated alkanes) is 8. The molecule has 750 valence electrons. The Kier molecular flexibility index (Phi) is 63.1. The van der Waals surface area contributed by atoms with Crippen LogP contribution in [0.4, 0.5) is 0 Å². The number of carbonyl (C=O) groups is 22. The largest absolute Gasteiger partial charge is 0.519 e. The van der Waals surface area contributed by atoms with Crippen molar-refractivity contribution < 1.29 is 137 Å². The van der Waals surface area contributed by atoms with Gasteiger partial charge in [0.15, 0.2) is 46.5 Å². The number of imide groups is 3. The predicted molar refractivity (Wildman–Crippen MR) is 487 cm³/mol. The van der Waals surface area contributed by atoms with Crippen LogP contribution in [0.2, 0.25) is 0 Å². The summed E-state index contributed by atoms with van der Waals surface area (Å²) in [6.07, 6.45) is 11.5. The van der Waals surface area contributed by atoms with Gasteiger partial charge in [-0.2, -0.15) is 12.6 Å². The highest BCUT2D eigenvalue weighted by molar-refractivity contribution is 8.13. The van der Waals surface area contributed by atoms with Crippen LogP contribution >= 0.6 is 47.9 Å². The zero-order valence-electron chi connectivity index (χ0n) is 76.9. The summed E-state index contributed by atoms with van der Waals surface area (Å²) in [6, 6.07) is -4.22. The number of likely N-dealkylation sites (tertiary alicyclic amines) is 1. The minimum Gasteiger partial charge on any atom is -0.457 e. The summed E-state index contributed by atoms with van der Waals surface area (Å²) in [4.78, 5) is 287. The quantitative estimate of drug-likeness (QED) is 0.0167. The lowest BCUT2D eigenvalue weighted by atomic mass is 10.1. The fraction of sp³-hybridized carbons (Fsp3) is 0.639. The number of esters is 2. The molecule has 15 N–H and O–H groups in total. The van der Waals surface area contributed by atoms with Crippen LogP contribution < -0.4 is 81.6 Å². The van der Waals surface area contributed by atoms with Gasteiger partial charge in [-0.25, -0.2) is 14.4 Å². The summed E-state index contributed by atoms with van der Waals surface area (Å²) in [5.74, 6) is -7.26. The molecule has 51 heteroatoms. The summed E-state index contributed by atoms with van der Waals surface area (Å²) < 4.78 is 28.8. The SMILES string of the molecule is CC(=O)SCCCCCC(=O)N[C@@H](CC(=O)ON1C(=O)CCC1=O)C(=O)NCCCC(=O)OCc1oc(=O)oc1C.CN1C(=O)C=CC1=O.CNC(=O)C[C@H](NC(=O)CCCCCS)C(=O)NCCN.CNC(=O)C[C@H](NC(=O)CCCCCSC(C)=O)C(=O)NCCCC(=O)OCc1oc(=O)oc1C.CNC(=O)C[C@H](NC(=O)CCCCCSC1CC(=O)N(C)C1=O)C(=O)NCCN. The molecule has 0 bridgehead atoms. The van der Waals surface area contributed by atoms with Gasteiger partial charge in [0.1, 0.15) is 24.2 Å². The van der Waals surface area contributed by atoms with Crippen LogP contribution in [0, 0.1) is 13.8 Å². The van der Waals surface area contributed by atoms with E-state index < -0.39 is 107 Å². The third-order valence-corrected chi connectivity index (χ3v) is 22.1. The molecule has 47 nitrogen and oxygen atoms in total. The molecule has 3 aliphatic rings. The van der Waals surface area contributed by atoms with Crippen LogP contribution in [0.15, 0.2) is 39.4 Å². The summed E-state index contributed by atoms with van der Waals surface area (Å²) in [5, 5.41) is 27.9. The number of hydrogen-bond acceptors (Lipinski definition) is 37. The van der Waals surface area contributed by atoms with Gasteiger partial charge in [0, 0.05) is 170 Å². The predicted octanol–water partition coefficient (Wildman–Crippen LogP) is -0.808. The number of hydroxylamine groups is 2. The Labute approximate surface area is 792 Å². The van der Waals surface area contributed by atoms with Crippen molar-refractivity contribution in [3.8, 4) is 0 Å². The number of aryl methyl sites for hydroxylation is 2. The zero-order chi connectivity index (χ0) is 101. The van der Waals surface area contributed by atoms with Crippen molar-refractivity contribution >= 4 is 176 Å². The first-order valence-corrected chi connectivity index (χ1v) is 47.0. The van der Waals surface area contributed by atoms with Crippen molar-refractivity contribution in [2.24, 2.45) is 11.5 Å². The Morgan fingerprint density at radius 2 is 0.769 bits per heavy atom. The van der Waals surface area contributed by atoms with Crippen LogP contribution in [0.25, 0.3) is 0 Å². The van der Waals surface area contributed by atoms with Crippen LogP contribution in [0.1, 0.15) is 210 Å². The molecule has 134 heavy (non-hydrogen) atoms. The molecule has 0 radical (unpaired) electrons. The van der Waals surface area contributed by atoms with Gasteiger partial charge >= 0.3 is 29.6 Å². The zero-order valence-corrected chi connectivity index (χ0v) is 80.3. The van der Waals surface area contributed by atoms with Gasteiger partial charge in [0.05, 0.1) is 30.9 Å². The van der Waals surface area contributed by atoms with Crippen molar-refractivity contribution in [1.29, 1.82) is 0 Å². The standard InChI is InChI=1S/C25H33N3O12S.C22H33N3O9S.C18H31N5O5S.C13H26N4O3S.C5H5NO2/c1-15-18(39-25(36)38-15)14-37-22(33)8-6-11-26-24(35)17(13-23(34)40-28-20(31)9-10-21(28)32)27-19(30)7-4-3-5-12-41-16(2)29;1-14-17(34-22(31)33-14)13-32-20(29)9-7-10-24-21(30)16(12-19(28)23-3)25-18(27)8-5-4-6-11-35-15(2)26;1-20-15(25)10-12(17(27)21-8-7-19)22-14(24)6-4-3-5-9-29-13-11-16(26)23(2)18(13)28;1-15-12(19)9-10(13(20)16-7-6-14)17-11(18)5-3-2-4-8-21;1-6-4(7)2-3-5(6)8/h17H,3-14H2,1-2H3,(H,26,35)(H,27,30);16H,4-13H2,1-3H3,(H,23,28)(H,24,30)(H,25,27);12-13H,3-11,19H2,1-2H3,(H,20,25)(H,21,27)(H,22,24);10,21H,2-9,14H2,1H3,(H,15,19)(H,16,20)(H,17,18);2-3H,1H3/t17-;16-;12-,13?;10-;/m0000./s1. The van der Waals surface area contributed by atoms with Crippen molar-refractivity contribution in [3.05, 3.63) is 56.4 Å². The van der Waals surface area contributed by atoms with E-state index in [2.05, 4.69) is 79.9 Å². The second kappa shape index (κ2) is 70.2. The van der Waals surface area contributed by atoms with Crippen LogP contribution in [-0.2, 0) is 133 Å². The highest BCUT2D eigenvalue weighted by Crippen LogP contribution is 2.26. The molecule has 2 saturated heterocycles. The highest BCUT2D eigenvalue weighted by Gasteiger charge is 2.37. The van der Waals surface area contributed by atoms with E-state index in [1.807, 2.05) is 0 Å². The number of amides is 17. The van der Waals surface area contributed by atoms with Crippen molar-refractivity contribution in [2.45, 2.75) is 244 Å². The molecule has 0 saturated carbocycles. The molecule has 3 aliphatic heterocycles. The van der Waals surface area contributed by atoms with E-state index >= 15 is 0 Å². The van der Waals surface area contributed by atoms with Crippen molar-refractivity contribution in [3.63, 3.8) is 0 Å². The molecule has 5 heterocycles. The van der Waals surface area contributed by atoms with Gasteiger partial charge in [-0.15, -0.1) is 16.8 Å². The lowest BCUT2D eigenvalue weighted by molar-refractivity contribution is -0.197. The Morgan fingerprint density at radius 3 is 1.07 bits per heavy atom. The maximum Gasteiger partial charge on any atom is 0.519 e. The monoisotopic (exact) mass is 1970 g/mol. The van der Waals surface area contributed by atoms with E-state index in [0.29, 0.717) is 61.8 Å². The van der Waals surface area contributed by atoms with Gasteiger partial charge in [0.2, 0.25) is 76.8 Å². The van der Waals surface area contributed by atoms with Gasteiger partial charge in [-0.1, -0.05) is 49.2 Å². The molecule has 2 aromatic heterocycles. The number of nitrogens with two attached hydrogens (primary N) is 2. The molecule has 5 atom stereocenters. The lowest BCUT2D eigenvalue weighted by Gasteiger charge is -2.19. The molecule has 0 spiro atoms. The number of thioether (sulfide) groups is 3. The van der Waals surface area contributed by atoms with E-state index in [1.165, 1.54) is 115 Å². The summed E-state index contributed by atoms with van der Waals surface area (Å²) in [7, 11) is 7.32. The van der Waals surface area contributed by atoms with Gasteiger partial charge in [-0.05, 0) is 89.6 Å². The molecule has 0 aromatic carbocycles. The maximum absolute atomic E-state index is 12.8. The molecular formula is C83H128N16O31S4. The molecule has 1 unspecified atom stereocenters. The molecular weight excluding hydrogens is 1850 g/mol. The fourth-order valence-corrected chi connectivity index (χ4v) is 13.9. The van der Waals surface area contributed by atoms with E-state index in [-0.39, 0.29) is 215 Å². The average molecular weight is 1970 g/mol. The molecule has 2 aromatic rings. The number of thiol groups is 1. The number of nitrogens with zero attached hydrogens (tertiary/aromatic N) is 3. The lowest BCUT2D eigenvalue weighted by Crippen LogP contribution is -2.49. The topological polar surface area (TPSA) is 684 Å². The third-order valence-electron chi connectivity index (χ3n) is 18.7. The normalized spacial score (nSPS) is 13.8. The number of hydrogen-bond donors (Lipinski definition) is 14. The van der Waals surface area contributed by atoms with Gasteiger partial charge in [0.25, 0.3) is 23.6 Å². The van der Waals surface area contributed by atoms with Crippen LogP contribution in [0.3, 0.4) is 0 Å². The Morgan fingerprint density at radius 1 is 0.425 bits per heavy atom. The highest BCUT2D eigenvalue weighted by atomic mass is 32.2. The first kappa shape index (κ1) is 120. The number of nitrogens with one attached hydrogen (secondary N) is 11. The number of ether oxygens (including phenoxy) is 2. The van der Waals surface area contributed by atoms with E-state index in [4.69, 9.17) is 34.6 Å². The first-order valence-electron chi connectivity index (χ1n) is 43.3. The second-order valence-electron chi connectivity index (χ2n) is 29.6. The average Bonchev–Trinajstić information content (AvgIpc) is 1.71. The van der Waals surface area contributed by atoms with Crippen molar-refractivity contribution in [1.82, 2.24) is 73.3 Å². The van der Waals surface area contributed by atoms with E-state index in [9.17, 15) is 115 Å². The fourth-order valence-electron chi connectivity index (χ4n) is 11.2. The molecule has 0 aliphatic carbocycles. The minimum absolute atomic E-state index is 0.00417. The van der Waals surface area contributed by atoms with Crippen LogP contribution in [-0.4, -0.2) is 270 Å². The molecule has 5 rings (SSSR count). The van der Waals surface area contributed by atoms with Gasteiger partial charge < -0.3 is 102 Å². The molecule has 17 amide bonds. The van der Waals surface area contributed by atoms with Crippen molar-refractivity contribution in [2.75, 3.05) is 97.5 Å².